The van der Waals surface area contributed by atoms with Gasteiger partial charge in [-0.3, -0.25) is 0 Å². The average molecular weight is 709 g/mol. The molecular weight excluding hydrogens is 661 g/mol. The van der Waals surface area contributed by atoms with E-state index in [0.717, 1.165) is 51.4 Å². The Morgan fingerprint density at radius 3 is 0.417 bits per heavy atom. The molecule has 2 radical (unpaired) electrons. The van der Waals surface area contributed by atoms with Gasteiger partial charge in [0.1, 0.15) is 0 Å². The van der Waals surface area contributed by atoms with Crippen molar-refractivity contribution in [2.45, 2.75) is 154 Å². The molecule has 0 heterocycles. The Bertz CT molecular complexity index is 506. The van der Waals surface area contributed by atoms with E-state index in [1.54, 1.807) is 0 Å². The second-order valence-corrected chi connectivity index (χ2v) is 9.07. The Kier molecular flexibility index (Phi) is 47.4. The van der Waals surface area contributed by atoms with Crippen LogP contribution in [0, 0.1) is 47.4 Å². The molecule has 0 aliphatic heterocycles. The maximum atomic E-state index is 3.14. The Morgan fingerprint density at radius 1 is 0.194 bits per heavy atom. The molecule has 0 nitrogen and oxygen atoms in total. The molecule has 210 valence electrons. The molecule has 0 atom stereocenters. The minimum absolute atomic E-state index is 0. The van der Waals surface area contributed by atoms with Crippen molar-refractivity contribution in [1.82, 2.24) is 0 Å². The van der Waals surface area contributed by atoms with Crippen molar-refractivity contribution < 1.29 is 63.8 Å². The van der Waals surface area contributed by atoms with Crippen LogP contribution in [0.25, 0.3) is 0 Å². The average Bonchev–Trinajstić information content (AvgIpc) is 2.67. The maximum absolute atomic E-state index is 3.14. The molecule has 36 heavy (non-hydrogen) atoms. The fourth-order valence-corrected chi connectivity index (χ4v) is 3.83. The number of hydrogen-bond acceptors (Lipinski definition) is 0. The summed E-state index contributed by atoms with van der Waals surface area (Å²) in [6.45, 7) is 0. The van der Waals surface area contributed by atoms with Gasteiger partial charge in [0.25, 0.3) is 0 Å². The van der Waals surface area contributed by atoms with Crippen LogP contribution in [0.15, 0.2) is 0 Å². The summed E-state index contributed by atoms with van der Waals surface area (Å²) >= 11 is 0. The minimum atomic E-state index is 0. The largest absolute Gasteiger partial charge is 1.00 e. The zero-order valence-electron chi connectivity index (χ0n) is 22.4. The summed E-state index contributed by atoms with van der Waals surface area (Å²) in [4.78, 5) is 0. The standard InChI is InChI=1S/4C8H12.2ClH.2Rh/c4*1-2-4-6-8-7-5-3-1;;;;/h4*1-6H2;2*1H;;/p-2. The number of halogens is 2. The maximum Gasteiger partial charge on any atom is 0.00886 e. The van der Waals surface area contributed by atoms with E-state index in [2.05, 4.69) is 47.4 Å². The topological polar surface area (TPSA) is 0 Å². The summed E-state index contributed by atoms with van der Waals surface area (Å²) in [6, 6.07) is 0. The van der Waals surface area contributed by atoms with Gasteiger partial charge >= 0.3 is 0 Å². The minimum Gasteiger partial charge on any atom is -1.00 e. The van der Waals surface area contributed by atoms with Crippen LogP contribution in [0.3, 0.4) is 0 Å². The second kappa shape index (κ2) is 39.6. The fraction of sp³-hybridized carbons (Fsp3) is 0.750. The van der Waals surface area contributed by atoms with Crippen molar-refractivity contribution in [2.24, 2.45) is 0 Å². The van der Waals surface area contributed by atoms with Crippen LogP contribution in [-0.4, -0.2) is 0 Å². The van der Waals surface area contributed by atoms with Crippen molar-refractivity contribution in [2.75, 3.05) is 0 Å². The Labute approximate surface area is 263 Å². The Balaban J connectivity index is -0.000000183. The number of hydrogen-bond donors (Lipinski definition) is 0. The van der Waals surface area contributed by atoms with Gasteiger partial charge in [0.2, 0.25) is 0 Å². The summed E-state index contributed by atoms with van der Waals surface area (Å²) in [5, 5.41) is 0. The van der Waals surface area contributed by atoms with Crippen molar-refractivity contribution in [3.8, 4) is 47.4 Å². The van der Waals surface area contributed by atoms with Gasteiger partial charge in [-0.1, -0.05) is 51.4 Å². The van der Waals surface area contributed by atoms with E-state index >= 15 is 0 Å². The third-order valence-electron chi connectivity index (χ3n) is 5.91. The van der Waals surface area contributed by atoms with Gasteiger partial charge in [-0.05, 0) is 51.4 Å². The first-order valence-corrected chi connectivity index (χ1v) is 13.8. The smallest absolute Gasteiger partial charge is 0.00886 e. The first-order chi connectivity index (χ1) is 16.0. The summed E-state index contributed by atoms with van der Waals surface area (Å²) in [5.41, 5.74) is 0. The Morgan fingerprint density at radius 2 is 0.306 bits per heavy atom. The molecule has 4 aliphatic carbocycles. The summed E-state index contributed by atoms with van der Waals surface area (Å²) in [6.07, 6.45) is 30.9. The van der Waals surface area contributed by atoms with E-state index in [-0.39, 0.29) is 63.8 Å². The molecule has 0 unspecified atom stereocenters. The zero-order valence-corrected chi connectivity index (χ0v) is 27.2. The summed E-state index contributed by atoms with van der Waals surface area (Å²) < 4.78 is 0. The molecule has 0 aromatic heterocycles. The van der Waals surface area contributed by atoms with Crippen molar-refractivity contribution in [1.29, 1.82) is 0 Å². The van der Waals surface area contributed by atoms with Crippen molar-refractivity contribution >= 4 is 0 Å². The first kappa shape index (κ1) is 43.1. The third kappa shape index (κ3) is 36.2. The van der Waals surface area contributed by atoms with Gasteiger partial charge in [0.15, 0.2) is 0 Å². The van der Waals surface area contributed by atoms with E-state index in [0.29, 0.717) is 0 Å². The van der Waals surface area contributed by atoms with Gasteiger partial charge in [0.05, 0.1) is 0 Å². The summed E-state index contributed by atoms with van der Waals surface area (Å²) in [5.74, 6) is 25.1. The molecule has 0 saturated carbocycles. The van der Waals surface area contributed by atoms with E-state index in [4.69, 9.17) is 0 Å². The van der Waals surface area contributed by atoms with Crippen LogP contribution in [0.1, 0.15) is 154 Å². The van der Waals surface area contributed by atoms with Gasteiger partial charge < -0.3 is 24.8 Å². The van der Waals surface area contributed by atoms with Crippen LogP contribution in [0.2, 0.25) is 0 Å². The molecule has 0 fully saturated rings. The van der Waals surface area contributed by atoms with Crippen molar-refractivity contribution in [3.05, 3.63) is 0 Å². The number of rotatable bonds is 0. The molecule has 4 aliphatic rings. The van der Waals surface area contributed by atoms with Crippen LogP contribution in [0.5, 0.6) is 0 Å². The van der Waals surface area contributed by atoms with E-state index in [1.807, 2.05) is 0 Å². The third-order valence-corrected chi connectivity index (χ3v) is 5.91. The molecule has 4 rings (SSSR count). The van der Waals surface area contributed by atoms with Gasteiger partial charge in [0, 0.05) is 90.3 Å². The van der Waals surface area contributed by atoms with Crippen LogP contribution < -0.4 is 24.8 Å². The Hall–Kier alpha value is 0.0668. The predicted octanol–water partition coefficient (Wildman–Crippen LogP) is 3.38. The SMILES string of the molecule is C1#CCCCCCC1.C1#CCCCCCC1.C1#CCCCCCC1.C1#CCCCCCC1.[Cl-].[Cl-].[Rh].[Rh]. The molecule has 0 spiro atoms. The van der Waals surface area contributed by atoms with E-state index in [1.165, 1.54) is 103 Å². The molecule has 0 saturated heterocycles. The molecule has 4 heteroatoms. The van der Waals surface area contributed by atoms with E-state index in [9.17, 15) is 0 Å². The second-order valence-electron chi connectivity index (χ2n) is 9.07. The summed E-state index contributed by atoms with van der Waals surface area (Å²) in [7, 11) is 0. The molecule has 0 aromatic rings. The zero-order chi connectivity index (χ0) is 22.6. The molecule has 0 N–H and O–H groups in total. The van der Waals surface area contributed by atoms with Crippen LogP contribution in [-0.2, 0) is 39.0 Å². The normalized spacial score (nSPS) is 17.8. The monoisotopic (exact) mass is 708 g/mol. The van der Waals surface area contributed by atoms with E-state index < -0.39 is 0 Å². The molecule has 0 aromatic carbocycles. The van der Waals surface area contributed by atoms with Gasteiger partial charge in [-0.25, -0.2) is 0 Å². The quantitative estimate of drug-likeness (QED) is 0.268. The fourth-order valence-electron chi connectivity index (χ4n) is 3.83. The van der Waals surface area contributed by atoms with Crippen molar-refractivity contribution in [3.63, 3.8) is 0 Å². The molecular formula is C32H48Cl2Rh2-2. The van der Waals surface area contributed by atoms with Crippen LogP contribution in [0.4, 0.5) is 0 Å². The van der Waals surface area contributed by atoms with Gasteiger partial charge in [-0.2, -0.15) is 0 Å². The first-order valence-electron chi connectivity index (χ1n) is 13.8. The molecule has 0 bridgehead atoms. The molecule has 0 amide bonds. The van der Waals surface area contributed by atoms with Crippen LogP contribution >= 0.6 is 0 Å². The van der Waals surface area contributed by atoms with Gasteiger partial charge in [-0.15, -0.1) is 47.4 Å². The predicted molar refractivity (Wildman–Crippen MR) is 142 cm³/mol.